The second-order valence-corrected chi connectivity index (χ2v) is 8.04. The van der Waals surface area contributed by atoms with Gasteiger partial charge < -0.3 is 10.1 Å². The van der Waals surface area contributed by atoms with Crippen molar-refractivity contribution in [3.63, 3.8) is 0 Å². The Labute approximate surface area is 138 Å². The topological polar surface area (TPSA) is 81.7 Å². The van der Waals surface area contributed by atoms with Gasteiger partial charge in [0.1, 0.15) is 6.61 Å². The molecular formula is C16H24NO5S. The third-order valence-electron chi connectivity index (χ3n) is 2.62. The van der Waals surface area contributed by atoms with E-state index >= 15 is 0 Å². The Bertz CT molecular complexity index is 578. The number of hydrogen-bond acceptors (Lipinski definition) is 5. The smallest absolute Gasteiger partial charge is 0.407 e. The first-order valence-corrected chi connectivity index (χ1v) is 8.92. The first kappa shape index (κ1) is 19.4. The average molecular weight is 342 g/mol. The molecular weight excluding hydrogens is 318 g/mol. The largest absolute Gasteiger partial charge is 0.445 e. The van der Waals surface area contributed by atoms with Crippen molar-refractivity contribution in [2.45, 2.75) is 33.8 Å². The highest BCUT2D eigenvalue weighted by Gasteiger charge is 2.17. The molecule has 0 fully saturated rings. The van der Waals surface area contributed by atoms with Crippen molar-refractivity contribution >= 4 is 16.2 Å². The van der Waals surface area contributed by atoms with E-state index in [4.69, 9.17) is 8.92 Å². The molecule has 0 saturated heterocycles. The number of carbonyl (C=O) groups excluding carboxylic acids is 1. The minimum absolute atomic E-state index is 0.127. The van der Waals surface area contributed by atoms with Gasteiger partial charge in [-0.15, -0.1) is 0 Å². The zero-order valence-electron chi connectivity index (χ0n) is 13.7. The molecule has 0 aromatic heterocycles. The number of carbonyl (C=O) groups is 1. The van der Waals surface area contributed by atoms with E-state index in [9.17, 15) is 13.2 Å². The number of nitrogens with one attached hydrogen (secondary N) is 1. The summed E-state index contributed by atoms with van der Waals surface area (Å²) >= 11 is 0. The monoisotopic (exact) mass is 342 g/mol. The van der Waals surface area contributed by atoms with Crippen LogP contribution in [-0.2, 0) is 25.6 Å². The van der Waals surface area contributed by atoms with E-state index < -0.39 is 16.2 Å². The van der Waals surface area contributed by atoms with E-state index in [2.05, 4.69) is 5.32 Å². The predicted octanol–water partition coefficient (Wildman–Crippen LogP) is 2.86. The van der Waals surface area contributed by atoms with Crippen LogP contribution in [0.4, 0.5) is 4.79 Å². The molecule has 129 valence electrons. The summed E-state index contributed by atoms with van der Waals surface area (Å²) in [6, 6.07) is 9.27. The lowest BCUT2D eigenvalue weighted by molar-refractivity contribution is 0.142. The van der Waals surface area contributed by atoms with Crippen molar-refractivity contribution in [2.24, 2.45) is 5.41 Å². The maximum Gasteiger partial charge on any atom is 0.407 e. The molecule has 0 unspecified atom stereocenters. The SMILES string of the molecule is CC(C)(C)COS(=O)(=O)CC[CH]NC(=O)OCc1ccccc1. The molecule has 1 aromatic carbocycles. The van der Waals surface area contributed by atoms with Crippen molar-refractivity contribution in [1.29, 1.82) is 0 Å². The molecule has 0 atom stereocenters. The third kappa shape index (κ3) is 9.91. The summed E-state index contributed by atoms with van der Waals surface area (Å²) in [6.45, 7) is 7.30. The highest BCUT2D eigenvalue weighted by Crippen LogP contribution is 2.15. The van der Waals surface area contributed by atoms with Crippen LogP contribution in [0, 0.1) is 12.0 Å². The number of amides is 1. The van der Waals surface area contributed by atoms with Gasteiger partial charge in [-0.1, -0.05) is 51.1 Å². The number of benzene rings is 1. The first-order valence-electron chi connectivity index (χ1n) is 7.34. The number of ether oxygens (including phenoxy) is 1. The summed E-state index contributed by atoms with van der Waals surface area (Å²) < 4.78 is 33.2. The van der Waals surface area contributed by atoms with Gasteiger partial charge >= 0.3 is 6.09 Å². The molecule has 0 aliphatic carbocycles. The summed E-state index contributed by atoms with van der Waals surface area (Å²) in [5.74, 6) is -0.192. The summed E-state index contributed by atoms with van der Waals surface area (Å²) in [6.07, 6.45) is -0.478. The Morgan fingerprint density at radius 2 is 1.87 bits per heavy atom. The van der Waals surface area contributed by atoms with Crippen molar-refractivity contribution in [2.75, 3.05) is 12.4 Å². The number of hydrogen-bond donors (Lipinski definition) is 1. The Balaban J connectivity index is 2.17. The van der Waals surface area contributed by atoms with Crippen LogP contribution < -0.4 is 5.32 Å². The van der Waals surface area contributed by atoms with Crippen LogP contribution in [0.25, 0.3) is 0 Å². The maximum absolute atomic E-state index is 11.6. The lowest BCUT2D eigenvalue weighted by Gasteiger charge is -2.17. The van der Waals surface area contributed by atoms with Crippen molar-refractivity contribution in [3.05, 3.63) is 42.4 Å². The molecule has 1 aromatic rings. The van der Waals surface area contributed by atoms with Crippen LogP contribution in [0.2, 0.25) is 0 Å². The highest BCUT2D eigenvalue weighted by molar-refractivity contribution is 7.86. The van der Waals surface area contributed by atoms with Gasteiger partial charge in [-0.25, -0.2) is 4.79 Å². The molecule has 0 spiro atoms. The molecule has 0 saturated carbocycles. The van der Waals surface area contributed by atoms with Gasteiger partial charge in [-0.2, -0.15) is 8.42 Å². The molecule has 1 N–H and O–H groups in total. The number of alkyl carbamates (subject to hydrolysis) is 1. The summed E-state index contributed by atoms with van der Waals surface area (Å²) in [7, 11) is -3.59. The number of rotatable bonds is 8. The quantitative estimate of drug-likeness (QED) is 0.580. The normalized spacial score (nSPS) is 12.0. The van der Waals surface area contributed by atoms with Crippen LogP contribution in [0.1, 0.15) is 32.8 Å². The van der Waals surface area contributed by atoms with E-state index in [1.54, 1.807) is 0 Å². The predicted molar refractivity (Wildman–Crippen MR) is 87.9 cm³/mol. The molecule has 1 rings (SSSR count). The molecule has 7 heteroatoms. The Morgan fingerprint density at radius 1 is 1.22 bits per heavy atom. The zero-order chi connectivity index (χ0) is 17.3. The summed E-state index contributed by atoms with van der Waals surface area (Å²) in [5.41, 5.74) is 0.650. The fourth-order valence-corrected chi connectivity index (χ4v) is 2.51. The van der Waals surface area contributed by atoms with Gasteiger partial charge in [0, 0.05) is 0 Å². The van der Waals surface area contributed by atoms with E-state index in [1.807, 2.05) is 51.1 Å². The first-order chi connectivity index (χ1) is 10.7. The second kappa shape index (κ2) is 8.88. The standard InChI is InChI=1S/C16H24NO5S/c1-16(2,3)13-22-23(19,20)11-7-10-17-15(18)21-12-14-8-5-4-6-9-14/h4-6,8-10H,7,11-13H2,1-3H3,(H,17,18). The van der Waals surface area contributed by atoms with Gasteiger partial charge in [0.2, 0.25) is 0 Å². The van der Waals surface area contributed by atoms with Gasteiger partial charge in [0.15, 0.2) is 0 Å². The molecule has 0 aliphatic heterocycles. The molecule has 0 bridgehead atoms. The fraction of sp³-hybridized carbons (Fsp3) is 0.500. The zero-order valence-corrected chi connectivity index (χ0v) is 14.6. The minimum atomic E-state index is -3.59. The molecule has 0 heterocycles. The third-order valence-corrected chi connectivity index (χ3v) is 3.83. The van der Waals surface area contributed by atoms with Gasteiger partial charge in [-0.05, 0) is 17.4 Å². The van der Waals surface area contributed by atoms with Gasteiger partial charge in [0.05, 0.1) is 18.9 Å². The van der Waals surface area contributed by atoms with Crippen molar-refractivity contribution < 1.29 is 22.1 Å². The Hall–Kier alpha value is -1.60. The lowest BCUT2D eigenvalue weighted by Crippen LogP contribution is -2.24. The molecule has 1 amide bonds. The van der Waals surface area contributed by atoms with E-state index in [0.717, 1.165) is 5.56 Å². The van der Waals surface area contributed by atoms with E-state index in [-0.39, 0.29) is 30.8 Å². The van der Waals surface area contributed by atoms with Crippen LogP contribution in [0.5, 0.6) is 0 Å². The minimum Gasteiger partial charge on any atom is -0.445 e. The van der Waals surface area contributed by atoms with Crippen molar-refractivity contribution in [1.82, 2.24) is 5.32 Å². The Kier molecular flexibility index (Phi) is 7.51. The molecule has 0 aliphatic rings. The van der Waals surface area contributed by atoms with Crippen LogP contribution in [0.3, 0.4) is 0 Å². The lowest BCUT2D eigenvalue weighted by atomic mass is 9.99. The van der Waals surface area contributed by atoms with E-state index in [1.165, 1.54) is 6.54 Å². The molecule has 6 nitrogen and oxygen atoms in total. The van der Waals surface area contributed by atoms with Crippen LogP contribution in [0.15, 0.2) is 30.3 Å². The summed E-state index contributed by atoms with van der Waals surface area (Å²) in [5, 5.41) is 2.39. The fourth-order valence-electron chi connectivity index (χ4n) is 1.45. The van der Waals surface area contributed by atoms with E-state index in [0.29, 0.717) is 0 Å². The molecule has 1 radical (unpaired) electrons. The highest BCUT2D eigenvalue weighted by atomic mass is 32.2. The summed E-state index contributed by atoms with van der Waals surface area (Å²) in [4.78, 5) is 11.5. The molecule has 23 heavy (non-hydrogen) atoms. The van der Waals surface area contributed by atoms with Crippen LogP contribution >= 0.6 is 0 Å². The average Bonchev–Trinajstić information content (AvgIpc) is 2.48. The van der Waals surface area contributed by atoms with Gasteiger partial charge in [-0.3, -0.25) is 4.18 Å². The van der Waals surface area contributed by atoms with Crippen molar-refractivity contribution in [3.8, 4) is 0 Å². The van der Waals surface area contributed by atoms with Crippen LogP contribution in [-0.4, -0.2) is 26.9 Å². The second-order valence-electron chi connectivity index (χ2n) is 6.28. The van der Waals surface area contributed by atoms with Gasteiger partial charge in [0.25, 0.3) is 10.1 Å². The maximum atomic E-state index is 11.6. The Morgan fingerprint density at radius 3 is 2.48 bits per heavy atom.